The second-order valence-electron chi connectivity index (χ2n) is 3.47. The molecule has 0 spiro atoms. The number of carbonyl (C=O) groups is 1. The molecule has 0 aliphatic carbocycles. The number of benzene rings is 1. The van der Waals surface area contributed by atoms with E-state index in [-0.39, 0.29) is 18.2 Å². The van der Waals surface area contributed by atoms with Gasteiger partial charge in [-0.2, -0.15) is 0 Å². The standard InChI is InChI=1S/C11H15NO3/c1-8(7-13)12-6-9-3-2-4-10(5-9)11(14)15/h2-5,8,12-13H,6-7H2,1H3,(H,14,15). The molecule has 82 valence electrons. The van der Waals surface area contributed by atoms with Gasteiger partial charge in [0.2, 0.25) is 0 Å². The highest BCUT2D eigenvalue weighted by atomic mass is 16.4. The van der Waals surface area contributed by atoms with Crippen LogP contribution in [0, 0.1) is 0 Å². The maximum Gasteiger partial charge on any atom is 0.335 e. The normalized spacial score (nSPS) is 12.4. The molecule has 0 bridgehead atoms. The average Bonchev–Trinajstić information content (AvgIpc) is 2.26. The van der Waals surface area contributed by atoms with E-state index in [4.69, 9.17) is 10.2 Å². The zero-order valence-electron chi connectivity index (χ0n) is 8.60. The molecule has 1 unspecified atom stereocenters. The third-order valence-corrected chi connectivity index (χ3v) is 2.10. The Morgan fingerprint density at radius 2 is 2.27 bits per heavy atom. The smallest absolute Gasteiger partial charge is 0.335 e. The van der Waals surface area contributed by atoms with Crippen LogP contribution in [0.5, 0.6) is 0 Å². The first-order chi connectivity index (χ1) is 7.13. The van der Waals surface area contributed by atoms with Gasteiger partial charge in [-0.25, -0.2) is 4.79 Å². The monoisotopic (exact) mass is 209 g/mol. The molecule has 4 heteroatoms. The number of aliphatic hydroxyl groups excluding tert-OH is 1. The Kier molecular flexibility index (Phi) is 4.27. The molecule has 0 aliphatic rings. The van der Waals surface area contributed by atoms with Gasteiger partial charge in [-0.15, -0.1) is 0 Å². The predicted molar refractivity (Wildman–Crippen MR) is 56.8 cm³/mol. The lowest BCUT2D eigenvalue weighted by Crippen LogP contribution is -2.28. The van der Waals surface area contributed by atoms with Crippen LogP contribution in [0.2, 0.25) is 0 Å². The Labute approximate surface area is 88.6 Å². The molecule has 1 atom stereocenters. The van der Waals surface area contributed by atoms with Gasteiger partial charge in [-0.1, -0.05) is 12.1 Å². The van der Waals surface area contributed by atoms with Crippen molar-refractivity contribution in [2.24, 2.45) is 0 Å². The zero-order chi connectivity index (χ0) is 11.3. The van der Waals surface area contributed by atoms with E-state index in [0.717, 1.165) is 5.56 Å². The number of rotatable bonds is 5. The van der Waals surface area contributed by atoms with Gasteiger partial charge >= 0.3 is 5.97 Å². The first kappa shape index (κ1) is 11.7. The molecule has 1 aromatic carbocycles. The van der Waals surface area contributed by atoms with E-state index >= 15 is 0 Å². The molecule has 0 heterocycles. The van der Waals surface area contributed by atoms with Crippen LogP contribution in [-0.2, 0) is 6.54 Å². The van der Waals surface area contributed by atoms with Crippen LogP contribution in [0.25, 0.3) is 0 Å². The lowest BCUT2D eigenvalue weighted by atomic mass is 10.1. The first-order valence-electron chi connectivity index (χ1n) is 4.80. The summed E-state index contributed by atoms with van der Waals surface area (Å²) in [6.07, 6.45) is 0. The quantitative estimate of drug-likeness (QED) is 0.672. The molecule has 0 saturated heterocycles. The SMILES string of the molecule is CC(CO)NCc1cccc(C(=O)O)c1. The van der Waals surface area contributed by atoms with E-state index < -0.39 is 5.97 Å². The van der Waals surface area contributed by atoms with Crippen molar-refractivity contribution in [2.45, 2.75) is 19.5 Å². The number of carboxylic acid groups (broad SMARTS) is 1. The average molecular weight is 209 g/mol. The number of aromatic carboxylic acids is 1. The maximum absolute atomic E-state index is 10.7. The Morgan fingerprint density at radius 3 is 2.87 bits per heavy atom. The highest BCUT2D eigenvalue weighted by Crippen LogP contribution is 2.05. The summed E-state index contributed by atoms with van der Waals surface area (Å²) in [5.41, 5.74) is 1.18. The highest BCUT2D eigenvalue weighted by molar-refractivity contribution is 5.87. The van der Waals surface area contributed by atoms with E-state index in [1.54, 1.807) is 18.2 Å². The van der Waals surface area contributed by atoms with Gasteiger partial charge in [0.15, 0.2) is 0 Å². The molecule has 0 fully saturated rings. The van der Waals surface area contributed by atoms with Crippen LogP contribution in [0.4, 0.5) is 0 Å². The summed E-state index contributed by atoms with van der Waals surface area (Å²) < 4.78 is 0. The number of hydrogen-bond donors (Lipinski definition) is 3. The summed E-state index contributed by atoms with van der Waals surface area (Å²) >= 11 is 0. The lowest BCUT2D eigenvalue weighted by molar-refractivity contribution is 0.0696. The number of aliphatic hydroxyl groups is 1. The Balaban J connectivity index is 2.62. The minimum atomic E-state index is -0.924. The number of carboxylic acids is 1. The van der Waals surface area contributed by atoms with E-state index in [0.29, 0.717) is 6.54 Å². The van der Waals surface area contributed by atoms with E-state index in [1.807, 2.05) is 13.0 Å². The van der Waals surface area contributed by atoms with Gasteiger partial charge in [-0.05, 0) is 24.6 Å². The van der Waals surface area contributed by atoms with E-state index in [2.05, 4.69) is 5.32 Å². The topological polar surface area (TPSA) is 69.6 Å². The van der Waals surface area contributed by atoms with Gasteiger partial charge in [0.1, 0.15) is 0 Å². The Morgan fingerprint density at radius 1 is 1.53 bits per heavy atom. The molecule has 0 radical (unpaired) electrons. The van der Waals surface area contributed by atoms with Crippen LogP contribution >= 0.6 is 0 Å². The summed E-state index contributed by atoms with van der Waals surface area (Å²) in [4.78, 5) is 10.7. The van der Waals surface area contributed by atoms with Crippen molar-refractivity contribution in [1.82, 2.24) is 5.32 Å². The molecule has 0 amide bonds. The molecular formula is C11H15NO3. The van der Waals surface area contributed by atoms with Crippen LogP contribution in [-0.4, -0.2) is 28.8 Å². The van der Waals surface area contributed by atoms with E-state index in [1.165, 1.54) is 0 Å². The van der Waals surface area contributed by atoms with Crippen molar-refractivity contribution in [3.8, 4) is 0 Å². The molecule has 0 saturated carbocycles. The van der Waals surface area contributed by atoms with E-state index in [9.17, 15) is 4.79 Å². The lowest BCUT2D eigenvalue weighted by Gasteiger charge is -2.10. The van der Waals surface area contributed by atoms with Crippen LogP contribution in [0.3, 0.4) is 0 Å². The summed E-state index contributed by atoms with van der Waals surface area (Å²) in [5, 5.41) is 20.6. The van der Waals surface area contributed by atoms with Gasteiger partial charge in [0.25, 0.3) is 0 Å². The van der Waals surface area contributed by atoms with Crippen LogP contribution in [0.15, 0.2) is 24.3 Å². The molecule has 0 aromatic heterocycles. The van der Waals surface area contributed by atoms with Crippen molar-refractivity contribution < 1.29 is 15.0 Å². The second-order valence-corrected chi connectivity index (χ2v) is 3.47. The fourth-order valence-electron chi connectivity index (χ4n) is 1.17. The maximum atomic E-state index is 10.7. The van der Waals surface area contributed by atoms with Crippen molar-refractivity contribution in [1.29, 1.82) is 0 Å². The van der Waals surface area contributed by atoms with Gasteiger partial charge in [0, 0.05) is 12.6 Å². The summed E-state index contributed by atoms with van der Waals surface area (Å²) in [7, 11) is 0. The Bertz CT molecular complexity index is 338. The summed E-state index contributed by atoms with van der Waals surface area (Å²) in [6.45, 7) is 2.49. The van der Waals surface area contributed by atoms with Gasteiger partial charge < -0.3 is 15.5 Å². The zero-order valence-corrected chi connectivity index (χ0v) is 8.60. The Hall–Kier alpha value is -1.39. The molecule has 1 rings (SSSR count). The van der Waals surface area contributed by atoms with Crippen molar-refractivity contribution in [3.63, 3.8) is 0 Å². The summed E-state index contributed by atoms with van der Waals surface area (Å²) in [5.74, 6) is -0.924. The molecule has 15 heavy (non-hydrogen) atoms. The van der Waals surface area contributed by atoms with Crippen LogP contribution < -0.4 is 5.32 Å². The highest BCUT2D eigenvalue weighted by Gasteiger charge is 2.04. The molecular weight excluding hydrogens is 194 g/mol. The van der Waals surface area contributed by atoms with Crippen LogP contribution in [0.1, 0.15) is 22.8 Å². The van der Waals surface area contributed by atoms with Gasteiger partial charge in [-0.3, -0.25) is 0 Å². The molecule has 4 nitrogen and oxygen atoms in total. The minimum absolute atomic E-state index is 0.0125. The minimum Gasteiger partial charge on any atom is -0.478 e. The van der Waals surface area contributed by atoms with Crippen molar-refractivity contribution in [3.05, 3.63) is 35.4 Å². The predicted octanol–water partition coefficient (Wildman–Crippen LogP) is 0.855. The molecule has 0 aliphatic heterocycles. The molecule has 1 aromatic rings. The first-order valence-corrected chi connectivity index (χ1v) is 4.80. The third kappa shape index (κ3) is 3.69. The number of nitrogens with one attached hydrogen (secondary N) is 1. The third-order valence-electron chi connectivity index (χ3n) is 2.10. The fourth-order valence-corrected chi connectivity index (χ4v) is 1.17. The number of hydrogen-bond acceptors (Lipinski definition) is 3. The largest absolute Gasteiger partial charge is 0.478 e. The van der Waals surface area contributed by atoms with Crippen molar-refractivity contribution in [2.75, 3.05) is 6.61 Å². The van der Waals surface area contributed by atoms with Crippen molar-refractivity contribution >= 4 is 5.97 Å². The second kappa shape index (κ2) is 5.48. The van der Waals surface area contributed by atoms with Gasteiger partial charge in [0.05, 0.1) is 12.2 Å². The fraction of sp³-hybridized carbons (Fsp3) is 0.364. The molecule has 3 N–H and O–H groups in total. The summed E-state index contributed by atoms with van der Waals surface area (Å²) in [6, 6.07) is 6.76.